The first kappa shape index (κ1) is 18.5. The number of ketones is 3. The standard InChI is InChI=1S/C22H22O6/c1-3-10-4-5-14(24)19-13(10)7-11-6-12-8-15(25)16(9(2)23)20(26)18(12)21(27)17(11)22(19)28/h4-5,11-12,18,24,26,28H,3,6-8H2,1-2H3. The molecule has 0 radical (unpaired) electrons. The van der Waals surface area contributed by atoms with E-state index >= 15 is 0 Å². The van der Waals surface area contributed by atoms with Crippen LogP contribution in [0.4, 0.5) is 0 Å². The van der Waals surface area contributed by atoms with E-state index in [2.05, 4.69) is 0 Å². The molecule has 146 valence electrons. The Morgan fingerprint density at radius 3 is 2.50 bits per heavy atom. The van der Waals surface area contributed by atoms with Crippen molar-refractivity contribution in [2.75, 3.05) is 0 Å². The lowest BCUT2D eigenvalue weighted by Gasteiger charge is -2.41. The number of carbonyl (C=O) groups excluding carboxylic acids is 3. The Labute approximate surface area is 162 Å². The van der Waals surface area contributed by atoms with Crippen molar-refractivity contribution in [2.24, 2.45) is 17.8 Å². The molecule has 0 spiro atoms. The molecule has 3 unspecified atom stereocenters. The lowest BCUT2D eigenvalue weighted by molar-refractivity contribution is -0.127. The minimum atomic E-state index is -0.997. The van der Waals surface area contributed by atoms with Crippen LogP contribution in [-0.4, -0.2) is 32.7 Å². The van der Waals surface area contributed by atoms with Gasteiger partial charge in [0.25, 0.3) is 0 Å². The Morgan fingerprint density at radius 1 is 1.14 bits per heavy atom. The Bertz CT molecular complexity index is 997. The third-order valence-corrected chi connectivity index (χ3v) is 6.36. The monoisotopic (exact) mass is 382 g/mol. The number of aliphatic hydroxyl groups excluding tert-OH is 2. The van der Waals surface area contributed by atoms with Gasteiger partial charge in [-0.1, -0.05) is 13.0 Å². The fourth-order valence-electron chi connectivity index (χ4n) is 5.15. The summed E-state index contributed by atoms with van der Waals surface area (Å²) in [7, 11) is 0. The second kappa shape index (κ2) is 6.33. The largest absolute Gasteiger partial charge is 0.511 e. The molecule has 0 saturated heterocycles. The number of Topliss-reactive ketones (excluding diaryl/α,β-unsaturated/α-hetero) is 3. The molecule has 0 aliphatic heterocycles. The maximum atomic E-state index is 13.2. The fourth-order valence-corrected chi connectivity index (χ4v) is 5.15. The molecule has 6 nitrogen and oxygen atoms in total. The van der Waals surface area contributed by atoms with Crippen LogP contribution in [0.1, 0.15) is 43.4 Å². The molecular formula is C22H22O6. The number of aryl methyl sites for hydroxylation is 1. The Hall–Kier alpha value is -2.89. The molecule has 3 aliphatic rings. The molecule has 3 N–H and O–H groups in total. The van der Waals surface area contributed by atoms with Gasteiger partial charge in [-0.2, -0.15) is 0 Å². The molecule has 1 aromatic rings. The SMILES string of the molecule is CCc1ccc(O)c2c1CC1CC3CC(=O)C(C(C)=O)=C(O)C3C(=O)C1=C2O. The lowest BCUT2D eigenvalue weighted by atomic mass is 9.61. The van der Waals surface area contributed by atoms with Gasteiger partial charge in [-0.15, -0.1) is 0 Å². The van der Waals surface area contributed by atoms with Crippen molar-refractivity contribution < 1.29 is 29.7 Å². The maximum absolute atomic E-state index is 13.2. The molecule has 1 aromatic carbocycles. The summed E-state index contributed by atoms with van der Waals surface area (Å²) in [6.07, 6.45) is 1.70. The van der Waals surface area contributed by atoms with Crippen LogP contribution >= 0.6 is 0 Å². The summed E-state index contributed by atoms with van der Waals surface area (Å²) in [6.45, 7) is 3.18. The van der Waals surface area contributed by atoms with Gasteiger partial charge in [0.2, 0.25) is 0 Å². The van der Waals surface area contributed by atoms with Gasteiger partial charge in [0.1, 0.15) is 17.3 Å². The highest BCUT2D eigenvalue weighted by Crippen LogP contribution is 2.50. The van der Waals surface area contributed by atoms with E-state index < -0.39 is 34.9 Å². The van der Waals surface area contributed by atoms with Gasteiger partial charge >= 0.3 is 0 Å². The summed E-state index contributed by atoms with van der Waals surface area (Å²) in [4.78, 5) is 37.4. The predicted molar refractivity (Wildman–Crippen MR) is 101 cm³/mol. The number of fused-ring (bicyclic) bond motifs is 3. The highest BCUT2D eigenvalue weighted by Gasteiger charge is 2.50. The Balaban J connectivity index is 1.89. The number of rotatable bonds is 2. The van der Waals surface area contributed by atoms with Crippen LogP contribution in [0.5, 0.6) is 5.75 Å². The molecule has 3 atom stereocenters. The van der Waals surface area contributed by atoms with Gasteiger partial charge in [0.05, 0.1) is 17.1 Å². The number of phenolic OH excluding ortho intramolecular Hbond substituents is 1. The minimum Gasteiger partial charge on any atom is -0.511 e. The van der Waals surface area contributed by atoms with E-state index in [1.807, 2.05) is 13.0 Å². The third kappa shape index (κ3) is 2.44. The van der Waals surface area contributed by atoms with E-state index in [4.69, 9.17) is 0 Å². The number of hydrogen-bond acceptors (Lipinski definition) is 6. The maximum Gasteiger partial charge on any atom is 0.173 e. The number of aromatic hydroxyl groups is 1. The van der Waals surface area contributed by atoms with Crippen molar-refractivity contribution >= 4 is 23.1 Å². The minimum absolute atomic E-state index is 0.0352. The number of carbonyl (C=O) groups is 3. The zero-order valence-corrected chi connectivity index (χ0v) is 15.8. The predicted octanol–water partition coefficient (Wildman–Crippen LogP) is 2.98. The topological polar surface area (TPSA) is 112 Å². The Morgan fingerprint density at radius 2 is 1.86 bits per heavy atom. The molecule has 0 amide bonds. The van der Waals surface area contributed by atoms with Gasteiger partial charge in [-0.3, -0.25) is 14.4 Å². The molecule has 1 saturated carbocycles. The smallest absolute Gasteiger partial charge is 0.173 e. The molecule has 28 heavy (non-hydrogen) atoms. The van der Waals surface area contributed by atoms with Crippen molar-refractivity contribution in [2.45, 2.75) is 39.5 Å². The number of allylic oxidation sites excluding steroid dienone is 3. The van der Waals surface area contributed by atoms with Gasteiger partial charge in [0, 0.05) is 12.0 Å². The summed E-state index contributed by atoms with van der Waals surface area (Å²) < 4.78 is 0. The Kier molecular flexibility index (Phi) is 4.17. The van der Waals surface area contributed by atoms with E-state index in [1.54, 1.807) is 0 Å². The van der Waals surface area contributed by atoms with Crippen LogP contribution in [-0.2, 0) is 27.2 Å². The van der Waals surface area contributed by atoms with Crippen molar-refractivity contribution in [3.63, 3.8) is 0 Å². The van der Waals surface area contributed by atoms with Crippen molar-refractivity contribution in [1.82, 2.24) is 0 Å². The molecule has 0 bridgehead atoms. The average Bonchev–Trinajstić information content (AvgIpc) is 2.60. The van der Waals surface area contributed by atoms with E-state index in [9.17, 15) is 29.7 Å². The molecule has 1 fully saturated rings. The molecule has 3 aliphatic carbocycles. The van der Waals surface area contributed by atoms with Crippen LogP contribution in [0, 0.1) is 17.8 Å². The fraction of sp³-hybridized carbons (Fsp3) is 0.409. The number of hydrogen-bond donors (Lipinski definition) is 3. The molecule has 0 aromatic heterocycles. The van der Waals surface area contributed by atoms with Crippen LogP contribution in [0.3, 0.4) is 0 Å². The van der Waals surface area contributed by atoms with E-state index in [0.29, 0.717) is 12.8 Å². The van der Waals surface area contributed by atoms with Crippen LogP contribution < -0.4 is 0 Å². The average molecular weight is 382 g/mol. The van der Waals surface area contributed by atoms with Crippen LogP contribution in [0.25, 0.3) is 5.76 Å². The van der Waals surface area contributed by atoms with Crippen LogP contribution in [0.2, 0.25) is 0 Å². The molecular weight excluding hydrogens is 360 g/mol. The van der Waals surface area contributed by atoms with Crippen molar-refractivity contribution in [3.8, 4) is 5.75 Å². The van der Waals surface area contributed by atoms with Crippen molar-refractivity contribution in [3.05, 3.63) is 45.7 Å². The lowest BCUT2D eigenvalue weighted by Crippen LogP contribution is -2.43. The first-order valence-electron chi connectivity index (χ1n) is 9.54. The highest BCUT2D eigenvalue weighted by atomic mass is 16.3. The zero-order chi connectivity index (χ0) is 20.3. The van der Waals surface area contributed by atoms with Gasteiger partial charge in [0.15, 0.2) is 17.3 Å². The second-order valence-electron chi connectivity index (χ2n) is 7.90. The highest BCUT2D eigenvalue weighted by molar-refractivity contribution is 6.21. The number of phenols is 1. The molecule has 6 heteroatoms. The summed E-state index contributed by atoms with van der Waals surface area (Å²) in [5, 5.41) is 31.7. The molecule has 0 heterocycles. The van der Waals surface area contributed by atoms with Gasteiger partial charge < -0.3 is 15.3 Å². The van der Waals surface area contributed by atoms with Crippen molar-refractivity contribution in [1.29, 1.82) is 0 Å². The number of benzene rings is 1. The zero-order valence-electron chi connectivity index (χ0n) is 15.8. The summed E-state index contributed by atoms with van der Waals surface area (Å²) >= 11 is 0. The summed E-state index contributed by atoms with van der Waals surface area (Å²) in [5.74, 6) is -3.95. The van der Waals surface area contributed by atoms with Gasteiger partial charge in [-0.05, 0) is 55.2 Å². The third-order valence-electron chi connectivity index (χ3n) is 6.36. The number of aliphatic hydroxyl groups is 2. The summed E-state index contributed by atoms with van der Waals surface area (Å²) in [6, 6.07) is 3.33. The quantitative estimate of drug-likeness (QED) is 0.678. The first-order valence-corrected chi connectivity index (χ1v) is 9.54. The molecule has 4 rings (SSSR count). The first-order chi connectivity index (χ1) is 13.3. The van der Waals surface area contributed by atoms with Crippen LogP contribution in [0.15, 0.2) is 29.0 Å². The van der Waals surface area contributed by atoms with Gasteiger partial charge in [-0.25, -0.2) is 0 Å². The summed E-state index contributed by atoms with van der Waals surface area (Å²) in [5.41, 5.74) is 1.97. The van der Waals surface area contributed by atoms with E-state index in [-0.39, 0.29) is 40.6 Å². The van der Waals surface area contributed by atoms with E-state index in [1.165, 1.54) is 13.0 Å². The normalized spacial score (nSPS) is 26.7. The second-order valence-corrected chi connectivity index (χ2v) is 7.90. The van der Waals surface area contributed by atoms with E-state index in [0.717, 1.165) is 17.5 Å².